The summed E-state index contributed by atoms with van der Waals surface area (Å²) in [7, 11) is 0. The highest BCUT2D eigenvalue weighted by Crippen LogP contribution is 2.36. The highest BCUT2D eigenvalue weighted by atomic mass is 32.2. The molecular formula is C17H22F2N2OS. The van der Waals surface area contributed by atoms with Crippen molar-refractivity contribution < 1.29 is 13.9 Å². The number of allylic oxidation sites excluding steroid dienone is 4. The monoisotopic (exact) mass is 340 g/mol. The molecule has 0 saturated heterocycles. The van der Waals surface area contributed by atoms with Crippen LogP contribution in [0.15, 0.2) is 23.8 Å². The Hall–Kier alpha value is -1.27. The summed E-state index contributed by atoms with van der Waals surface area (Å²) in [6.07, 6.45) is 8.70. The van der Waals surface area contributed by atoms with E-state index in [0.29, 0.717) is 6.42 Å². The molecule has 0 bridgehead atoms. The van der Waals surface area contributed by atoms with Gasteiger partial charge in [-0.2, -0.15) is 22.0 Å². The van der Waals surface area contributed by atoms with Crippen molar-refractivity contribution in [3.8, 4) is 0 Å². The number of nitrogens with zero attached hydrogens (tertiary/aromatic N) is 2. The third-order valence-electron chi connectivity index (χ3n) is 3.96. The van der Waals surface area contributed by atoms with Crippen LogP contribution >= 0.6 is 11.8 Å². The molecule has 1 aromatic rings. The normalized spacial score (nSPS) is 20.4. The summed E-state index contributed by atoms with van der Waals surface area (Å²) in [6.45, 7) is 0.0341. The van der Waals surface area contributed by atoms with Gasteiger partial charge in [-0.3, -0.25) is 0 Å². The minimum Gasteiger partial charge on any atom is -0.396 e. The molecular weight excluding hydrogens is 318 g/mol. The Bertz CT molecular complexity index is 617. The predicted molar refractivity (Wildman–Crippen MR) is 90.7 cm³/mol. The highest BCUT2D eigenvalue weighted by molar-refractivity contribution is 7.97. The number of rotatable bonds is 2. The maximum absolute atomic E-state index is 13.9. The lowest BCUT2D eigenvalue weighted by molar-refractivity contribution is 0.249. The van der Waals surface area contributed by atoms with Gasteiger partial charge in [-0.05, 0) is 55.9 Å². The van der Waals surface area contributed by atoms with Crippen LogP contribution in [-0.4, -0.2) is 34.4 Å². The second kappa shape index (κ2) is 8.55. The molecule has 0 radical (unpaired) electrons. The average molecular weight is 340 g/mol. The number of aryl methyl sites for hydroxylation is 1. The van der Waals surface area contributed by atoms with Gasteiger partial charge in [-0.25, -0.2) is 8.78 Å². The van der Waals surface area contributed by atoms with E-state index in [1.54, 1.807) is 17.8 Å². The summed E-state index contributed by atoms with van der Waals surface area (Å²) in [4.78, 5) is 0. The van der Waals surface area contributed by atoms with E-state index in [1.165, 1.54) is 6.08 Å². The van der Waals surface area contributed by atoms with Crippen molar-refractivity contribution in [2.45, 2.75) is 38.0 Å². The lowest BCUT2D eigenvalue weighted by atomic mass is 9.86. The van der Waals surface area contributed by atoms with Crippen molar-refractivity contribution in [2.24, 2.45) is 0 Å². The van der Waals surface area contributed by atoms with Crippen molar-refractivity contribution in [2.75, 3.05) is 19.1 Å². The fourth-order valence-corrected chi connectivity index (χ4v) is 2.90. The Kier molecular flexibility index (Phi) is 6.72. The zero-order valence-corrected chi connectivity index (χ0v) is 14.3. The van der Waals surface area contributed by atoms with Crippen LogP contribution < -0.4 is 0 Å². The molecule has 3 rings (SSSR count). The molecule has 23 heavy (non-hydrogen) atoms. The molecule has 1 aromatic heterocycles. The van der Waals surface area contributed by atoms with Crippen molar-refractivity contribution in [1.29, 1.82) is 0 Å². The fraction of sp³-hybridized carbons (Fsp3) is 0.529. The first-order chi connectivity index (χ1) is 11.1. The Labute approximate surface area is 139 Å². The molecule has 1 heterocycles. The molecule has 1 atom stereocenters. The molecule has 0 spiro atoms. The van der Waals surface area contributed by atoms with E-state index < -0.39 is 11.7 Å². The van der Waals surface area contributed by atoms with E-state index in [1.807, 2.05) is 12.5 Å². The quantitative estimate of drug-likeness (QED) is 0.876. The molecule has 0 fully saturated rings. The van der Waals surface area contributed by atoms with Crippen LogP contribution in [0.1, 0.15) is 48.6 Å². The lowest BCUT2D eigenvalue weighted by Gasteiger charge is -2.22. The maximum Gasteiger partial charge on any atom is 0.131 e. The Morgan fingerprint density at radius 2 is 2.00 bits per heavy atom. The van der Waals surface area contributed by atoms with E-state index >= 15 is 0 Å². The molecule has 0 aromatic carbocycles. The van der Waals surface area contributed by atoms with Crippen LogP contribution in [0, 0.1) is 0 Å². The topological polar surface area (TPSA) is 46.0 Å². The van der Waals surface area contributed by atoms with Gasteiger partial charge in [-0.1, -0.05) is 0 Å². The van der Waals surface area contributed by atoms with Gasteiger partial charge in [0.05, 0.1) is 23.6 Å². The second-order valence-electron chi connectivity index (χ2n) is 5.69. The van der Waals surface area contributed by atoms with E-state index in [-0.39, 0.29) is 30.2 Å². The van der Waals surface area contributed by atoms with Gasteiger partial charge in [0.1, 0.15) is 11.7 Å². The highest BCUT2D eigenvalue weighted by Gasteiger charge is 2.25. The van der Waals surface area contributed by atoms with Crippen LogP contribution in [0.4, 0.5) is 8.78 Å². The zero-order valence-electron chi connectivity index (χ0n) is 13.5. The Morgan fingerprint density at radius 1 is 1.26 bits per heavy atom. The Balaban J connectivity index is 0.000000595. The first kappa shape index (κ1) is 18.1. The minimum absolute atomic E-state index is 0.00845. The van der Waals surface area contributed by atoms with Gasteiger partial charge in [0.2, 0.25) is 0 Å². The van der Waals surface area contributed by atoms with Crippen LogP contribution in [0.2, 0.25) is 0 Å². The van der Waals surface area contributed by atoms with Gasteiger partial charge in [0.25, 0.3) is 0 Å². The van der Waals surface area contributed by atoms with Crippen molar-refractivity contribution in [3.63, 3.8) is 0 Å². The Morgan fingerprint density at radius 3 is 2.65 bits per heavy atom. The molecule has 1 N–H and O–H groups in total. The summed E-state index contributed by atoms with van der Waals surface area (Å²) in [6, 6.07) is 1.72. The molecule has 2 aliphatic rings. The standard InChI is InChI=1S/C15H16F2N2O.C2H6S/c16-11-5-2-6-12(17)14(11)13-7-9-3-1-4-10(8-20)15(9)19-18-13;1-3-2/h5,7,10,20H,1-4,6,8H2;1-2H3. The van der Waals surface area contributed by atoms with Crippen molar-refractivity contribution in [3.05, 3.63) is 40.7 Å². The largest absolute Gasteiger partial charge is 0.396 e. The molecule has 0 aliphatic heterocycles. The number of hydrogen-bond acceptors (Lipinski definition) is 4. The number of halogens is 2. The maximum atomic E-state index is 13.9. The summed E-state index contributed by atoms with van der Waals surface area (Å²) >= 11 is 1.75. The number of aliphatic hydroxyl groups is 1. The van der Waals surface area contributed by atoms with Gasteiger partial charge in [0, 0.05) is 12.3 Å². The average Bonchev–Trinajstić information content (AvgIpc) is 2.54. The number of thioether (sulfide) groups is 1. The fourth-order valence-electron chi connectivity index (χ4n) is 2.90. The van der Waals surface area contributed by atoms with E-state index in [0.717, 1.165) is 30.5 Å². The smallest absolute Gasteiger partial charge is 0.131 e. The van der Waals surface area contributed by atoms with Gasteiger partial charge in [0.15, 0.2) is 0 Å². The van der Waals surface area contributed by atoms with Crippen LogP contribution in [0.5, 0.6) is 0 Å². The van der Waals surface area contributed by atoms with Crippen molar-refractivity contribution >= 4 is 17.3 Å². The second-order valence-corrected chi connectivity index (χ2v) is 6.51. The molecule has 1 unspecified atom stereocenters. The van der Waals surface area contributed by atoms with E-state index in [9.17, 15) is 13.9 Å². The van der Waals surface area contributed by atoms with Crippen LogP contribution in [0.25, 0.3) is 5.57 Å². The third kappa shape index (κ3) is 4.18. The molecule has 3 nitrogen and oxygen atoms in total. The zero-order chi connectivity index (χ0) is 16.8. The van der Waals surface area contributed by atoms with Gasteiger partial charge in [-0.15, -0.1) is 0 Å². The number of aliphatic hydroxyl groups excluding tert-OH is 1. The summed E-state index contributed by atoms with van der Waals surface area (Å²) < 4.78 is 27.7. The summed E-state index contributed by atoms with van der Waals surface area (Å²) in [5.74, 6) is -1.03. The first-order valence-electron chi connectivity index (χ1n) is 7.74. The SMILES string of the molecule is CSC.OCC1CCCc2cc(C3=C(F)CCC=C3F)nnc21. The first-order valence-corrected chi connectivity index (χ1v) is 9.38. The molecule has 126 valence electrons. The van der Waals surface area contributed by atoms with Crippen LogP contribution in [0.3, 0.4) is 0 Å². The lowest BCUT2D eigenvalue weighted by Crippen LogP contribution is -2.17. The third-order valence-corrected chi connectivity index (χ3v) is 3.96. The number of fused-ring (bicyclic) bond motifs is 1. The summed E-state index contributed by atoms with van der Waals surface area (Å²) in [5, 5.41) is 17.4. The number of aromatic nitrogens is 2. The van der Waals surface area contributed by atoms with Crippen molar-refractivity contribution in [1.82, 2.24) is 10.2 Å². The predicted octanol–water partition coefficient (Wildman–Crippen LogP) is 4.20. The molecule has 6 heteroatoms. The van der Waals surface area contributed by atoms with Gasteiger partial charge >= 0.3 is 0 Å². The number of hydrogen-bond donors (Lipinski definition) is 1. The molecule has 0 amide bonds. The van der Waals surface area contributed by atoms with Gasteiger partial charge < -0.3 is 5.11 Å². The van der Waals surface area contributed by atoms with Crippen LogP contribution in [-0.2, 0) is 6.42 Å². The molecule has 0 saturated carbocycles. The summed E-state index contributed by atoms with van der Waals surface area (Å²) in [5.41, 5.74) is 1.91. The van der Waals surface area contributed by atoms with E-state index in [2.05, 4.69) is 10.2 Å². The minimum atomic E-state index is -0.558. The van der Waals surface area contributed by atoms with E-state index in [4.69, 9.17) is 0 Å². The molecule has 2 aliphatic carbocycles.